The molecule has 0 aliphatic carbocycles. The van der Waals surface area contributed by atoms with E-state index in [0.29, 0.717) is 13.1 Å². The highest BCUT2D eigenvalue weighted by atomic mass is 16.1. The number of nitrogens with zero attached hydrogens (tertiary/aromatic N) is 2. The molecule has 4 nitrogen and oxygen atoms in total. The van der Waals surface area contributed by atoms with Gasteiger partial charge in [-0.1, -0.05) is 48.5 Å². The Morgan fingerprint density at radius 2 is 0.923 bits per heavy atom. The molecule has 0 unspecified atom stereocenters. The van der Waals surface area contributed by atoms with Gasteiger partial charge in [-0.2, -0.15) is 0 Å². The van der Waals surface area contributed by atoms with Crippen molar-refractivity contribution in [2.45, 2.75) is 12.8 Å². The predicted octanol–water partition coefficient (Wildman–Crippen LogP) is 2.96. The summed E-state index contributed by atoms with van der Waals surface area (Å²) in [5, 5.41) is 0. The molecule has 138 valence electrons. The van der Waals surface area contributed by atoms with Crippen LogP contribution in [0.1, 0.15) is 31.8 Å². The van der Waals surface area contributed by atoms with Crippen molar-refractivity contribution in [3.63, 3.8) is 0 Å². The Morgan fingerprint density at radius 3 is 1.19 bits per heavy atom. The molecule has 26 heavy (non-hydrogen) atoms. The predicted molar refractivity (Wildman–Crippen MR) is 106 cm³/mol. The van der Waals surface area contributed by atoms with Crippen LogP contribution in [-0.4, -0.2) is 62.6 Å². The zero-order valence-electron chi connectivity index (χ0n) is 16.2. The number of aryl methyl sites for hydroxylation is 2. The van der Waals surface area contributed by atoms with Crippen molar-refractivity contribution >= 4 is 11.6 Å². The van der Waals surface area contributed by atoms with Crippen LogP contribution < -0.4 is 0 Å². The molecule has 0 N–H and O–H groups in total. The lowest BCUT2D eigenvalue weighted by atomic mass is 10.0. The monoisotopic (exact) mass is 352 g/mol. The zero-order chi connectivity index (χ0) is 19.1. The van der Waals surface area contributed by atoms with Gasteiger partial charge in [0, 0.05) is 11.1 Å². The van der Waals surface area contributed by atoms with Gasteiger partial charge in [0.15, 0.2) is 11.6 Å². The van der Waals surface area contributed by atoms with Crippen molar-refractivity contribution in [3.8, 4) is 0 Å². The molecule has 0 heterocycles. The topological polar surface area (TPSA) is 40.6 Å². The fourth-order valence-corrected chi connectivity index (χ4v) is 2.76. The molecule has 0 amide bonds. The molecular formula is C22H28N2O2. The standard InChI is InChI=1S/C22H28N2O2/c1-23(2)15-21(25)19-11-7-17(8-12-19)5-6-18-9-13-20(14-10-18)22(26)16-24(3)4/h7-14H,5-6,15-16H2,1-4H3. The van der Waals surface area contributed by atoms with E-state index in [0.717, 1.165) is 24.0 Å². The Morgan fingerprint density at radius 1 is 0.615 bits per heavy atom. The number of rotatable bonds is 9. The molecule has 0 aliphatic heterocycles. The maximum atomic E-state index is 12.0. The van der Waals surface area contributed by atoms with Crippen LogP contribution in [0.25, 0.3) is 0 Å². The van der Waals surface area contributed by atoms with Crippen LogP contribution in [0, 0.1) is 0 Å². The van der Waals surface area contributed by atoms with Crippen molar-refractivity contribution in [1.82, 2.24) is 9.80 Å². The number of likely N-dealkylation sites (N-methyl/N-ethyl adjacent to an activating group) is 2. The summed E-state index contributed by atoms with van der Waals surface area (Å²) >= 11 is 0. The molecule has 0 saturated heterocycles. The third kappa shape index (κ3) is 6.21. The fourth-order valence-electron chi connectivity index (χ4n) is 2.76. The first kappa shape index (κ1) is 20.0. The van der Waals surface area contributed by atoms with E-state index < -0.39 is 0 Å². The number of carbonyl (C=O) groups is 2. The van der Waals surface area contributed by atoms with Gasteiger partial charge in [0.05, 0.1) is 13.1 Å². The van der Waals surface area contributed by atoms with Gasteiger partial charge in [0.25, 0.3) is 0 Å². The summed E-state index contributed by atoms with van der Waals surface area (Å²) in [6.45, 7) is 0.858. The second kappa shape index (κ2) is 9.41. The smallest absolute Gasteiger partial charge is 0.176 e. The molecule has 0 bridgehead atoms. The number of carbonyl (C=O) groups excluding carboxylic acids is 2. The SMILES string of the molecule is CN(C)CC(=O)c1ccc(CCc2ccc(C(=O)CN(C)C)cc2)cc1. The van der Waals surface area contributed by atoms with E-state index in [4.69, 9.17) is 0 Å². The minimum Gasteiger partial charge on any atom is -0.302 e. The Kier molecular flexibility index (Phi) is 7.25. The van der Waals surface area contributed by atoms with Gasteiger partial charge in [0.1, 0.15) is 0 Å². The van der Waals surface area contributed by atoms with Gasteiger partial charge in [-0.3, -0.25) is 9.59 Å². The van der Waals surface area contributed by atoms with Crippen molar-refractivity contribution in [1.29, 1.82) is 0 Å². The molecule has 2 aromatic carbocycles. The minimum absolute atomic E-state index is 0.138. The van der Waals surface area contributed by atoms with Crippen molar-refractivity contribution < 1.29 is 9.59 Å². The average molecular weight is 352 g/mol. The Labute approximate surface area is 156 Å². The Hall–Kier alpha value is -2.30. The third-order valence-electron chi connectivity index (χ3n) is 4.17. The Bertz CT molecular complexity index is 666. The zero-order valence-corrected chi connectivity index (χ0v) is 16.2. The number of hydrogen-bond donors (Lipinski definition) is 0. The molecule has 0 aliphatic rings. The molecule has 0 fully saturated rings. The van der Waals surface area contributed by atoms with Gasteiger partial charge in [-0.05, 0) is 52.2 Å². The summed E-state index contributed by atoms with van der Waals surface area (Å²) in [7, 11) is 7.58. The molecular weight excluding hydrogens is 324 g/mol. The van der Waals surface area contributed by atoms with Crippen molar-refractivity contribution in [2.24, 2.45) is 0 Å². The van der Waals surface area contributed by atoms with Crippen LogP contribution in [-0.2, 0) is 12.8 Å². The number of hydrogen-bond acceptors (Lipinski definition) is 4. The third-order valence-corrected chi connectivity index (χ3v) is 4.17. The maximum Gasteiger partial charge on any atom is 0.176 e. The lowest BCUT2D eigenvalue weighted by Gasteiger charge is -2.09. The maximum absolute atomic E-state index is 12.0. The van der Waals surface area contributed by atoms with Crippen LogP contribution >= 0.6 is 0 Å². The summed E-state index contributed by atoms with van der Waals surface area (Å²) in [6.07, 6.45) is 1.82. The highest BCUT2D eigenvalue weighted by Crippen LogP contribution is 2.12. The van der Waals surface area contributed by atoms with Crippen LogP contribution in [0.4, 0.5) is 0 Å². The van der Waals surface area contributed by atoms with Crippen LogP contribution in [0.5, 0.6) is 0 Å². The first-order valence-corrected chi connectivity index (χ1v) is 8.89. The van der Waals surface area contributed by atoms with Crippen LogP contribution in [0.15, 0.2) is 48.5 Å². The number of benzene rings is 2. The highest BCUT2D eigenvalue weighted by molar-refractivity contribution is 5.98. The quantitative estimate of drug-likeness (QED) is 0.651. The molecule has 0 radical (unpaired) electrons. The van der Waals surface area contributed by atoms with Gasteiger partial charge in [-0.15, -0.1) is 0 Å². The van der Waals surface area contributed by atoms with E-state index in [2.05, 4.69) is 0 Å². The number of Topliss-reactive ketones (excluding diaryl/α,β-unsaturated/α-hetero) is 2. The normalized spacial score (nSPS) is 11.2. The lowest BCUT2D eigenvalue weighted by Crippen LogP contribution is -2.21. The summed E-state index contributed by atoms with van der Waals surface area (Å²) < 4.78 is 0. The lowest BCUT2D eigenvalue weighted by molar-refractivity contribution is 0.0949. The summed E-state index contributed by atoms with van der Waals surface area (Å²) in [4.78, 5) is 27.8. The molecule has 2 rings (SSSR count). The molecule has 0 aromatic heterocycles. The summed E-state index contributed by atoms with van der Waals surface area (Å²) in [5.41, 5.74) is 3.93. The second-order valence-electron chi connectivity index (χ2n) is 7.22. The van der Waals surface area contributed by atoms with E-state index in [1.165, 1.54) is 11.1 Å². The Balaban J connectivity index is 1.90. The molecule has 0 spiro atoms. The first-order chi connectivity index (χ1) is 12.3. The largest absolute Gasteiger partial charge is 0.302 e. The van der Waals surface area contributed by atoms with Crippen LogP contribution in [0.3, 0.4) is 0 Å². The molecule has 0 saturated carbocycles. The van der Waals surface area contributed by atoms with E-state index in [1.807, 2.05) is 86.5 Å². The van der Waals surface area contributed by atoms with E-state index in [1.54, 1.807) is 0 Å². The van der Waals surface area contributed by atoms with Gasteiger partial charge in [-0.25, -0.2) is 0 Å². The van der Waals surface area contributed by atoms with Gasteiger partial charge < -0.3 is 9.80 Å². The first-order valence-electron chi connectivity index (χ1n) is 8.89. The van der Waals surface area contributed by atoms with Crippen molar-refractivity contribution in [2.75, 3.05) is 41.3 Å². The van der Waals surface area contributed by atoms with E-state index in [-0.39, 0.29) is 11.6 Å². The van der Waals surface area contributed by atoms with E-state index in [9.17, 15) is 9.59 Å². The second-order valence-corrected chi connectivity index (χ2v) is 7.22. The molecule has 2 aromatic rings. The summed E-state index contributed by atoms with van der Waals surface area (Å²) in [6, 6.07) is 15.7. The summed E-state index contributed by atoms with van der Waals surface area (Å²) in [5.74, 6) is 0.277. The molecule has 4 heteroatoms. The fraction of sp³-hybridized carbons (Fsp3) is 0.364. The highest BCUT2D eigenvalue weighted by Gasteiger charge is 2.08. The van der Waals surface area contributed by atoms with Gasteiger partial charge in [0.2, 0.25) is 0 Å². The van der Waals surface area contributed by atoms with Crippen molar-refractivity contribution in [3.05, 3.63) is 70.8 Å². The average Bonchev–Trinajstić information content (AvgIpc) is 2.59. The number of ketones is 2. The van der Waals surface area contributed by atoms with Crippen LogP contribution in [0.2, 0.25) is 0 Å². The molecule has 0 atom stereocenters. The van der Waals surface area contributed by atoms with E-state index >= 15 is 0 Å². The van der Waals surface area contributed by atoms with Gasteiger partial charge >= 0.3 is 0 Å². The minimum atomic E-state index is 0.138.